The summed E-state index contributed by atoms with van der Waals surface area (Å²) in [6.45, 7) is 2.96. The maximum Gasteiger partial charge on any atom is 0.222 e. The van der Waals surface area contributed by atoms with Crippen LogP contribution in [-0.4, -0.2) is 29.4 Å². The molecule has 2 unspecified atom stereocenters. The zero-order valence-electron chi connectivity index (χ0n) is 11.7. The van der Waals surface area contributed by atoms with Crippen molar-refractivity contribution in [3.63, 3.8) is 0 Å². The molecule has 0 bridgehead atoms. The van der Waals surface area contributed by atoms with Crippen molar-refractivity contribution in [2.75, 3.05) is 6.54 Å². The van der Waals surface area contributed by atoms with E-state index in [-0.39, 0.29) is 12.1 Å². The maximum atomic E-state index is 12.3. The van der Waals surface area contributed by atoms with Gasteiger partial charge in [0, 0.05) is 25.0 Å². The van der Waals surface area contributed by atoms with Gasteiger partial charge in [0.25, 0.3) is 0 Å². The molecule has 0 aromatic heterocycles. The molecule has 0 aromatic carbocycles. The molecule has 2 fully saturated rings. The number of rotatable bonds is 4. The summed E-state index contributed by atoms with van der Waals surface area (Å²) in [6.07, 6.45) is 10.7. The lowest BCUT2D eigenvalue weighted by atomic mass is 9.95. The van der Waals surface area contributed by atoms with Crippen LogP contribution in [0.3, 0.4) is 0 Å². The fourth-order valence-electron chi connectivity index (χ4n) is 3.58. The second-order valence-electron chi connectivity index (χ2n) is 6.20. The molecule has 2 rings (SSSR count). The molecule has 0 aromatic rings. The molecule has 2 atom stereocenters. The van der Waals surface area contributed by atoms with Gasteiger partial charge >= 0.3 is 0 Å². The lowest BCUT2D eigenvalue weighted by Gasteiger charge is -2.38. The van der Waals surface area contributed by atoms with Gasteiger partial charge in [-0.05, 0) is 38.5 Å². The lowest BCUT2D eigenvalue weighted by Crippen LogP contribution is -2.51. The van der Waals surface area contributed by atoms with E-state index in [0.29, 0.717) is 5.91 Å². The van der Waals surface area contributed by atoms with E-state index in [1.165, 1.54) is 32.1 Å². The Hall–Kier alpha value is -0.570. The fraction of sp³-hybridized carbons (Fsp3) is 0.933. The summed E-state index contributed by atoms with van der Waals surface area (Å²) < 4.78 is 0. The molecule has 18 heavy (non-hydrogen) atoms. The summed E-state index contributed by atoms with van der Waals surface area (Å²) in [7, 11) is 0. The van der Waals surface area contributed by atoms with Crippen molar-refractivity contribution in [2.45, 2.75) is 76.8 Å². The third kappa shape index (κ3) is 3.47. The van der Waals surface area contributed by atoms with Crippen LogP contribution in [0.25, 0.3) is 0 Å². The van der Waals surface area contributed by atoms with E-state index in [1.807, 2.05) is 6.92 Å². The first-order valence-electron chi connectivity index (χ1n) is 7.73. The molecule has 1 saturated heterocycles. The smallest absolute Gasteiger partial charge is 0.222 e. The second-order valence-corrected chi connectivity index (χ2v) is 6.20. The van der Waals surface area contributed by atoms with Crippen LogP contribution in [0.5, 0.6) is 0 Å². The van der Waals surface area contributed by atoms with Gasteiger partial charge in [-0.25, -0.2) is 0 Å². The number of nitrogens with two attached hydrogens (primary N) is 1. The predicted octanol–water partition coefficient (Wildman–Crippen LogP) is 2.69. The summed E-state index contributed by atoms with van der Waals surface area (Å²) in [4.78, 5) is 14.4. The minimum absolute atomic E-state index is 0.112. The number of carbonyl (C=O) groups is 1. The molecule has 1 aliphatic carbocycles. The summed E-state index contributed by atoms with van der Waals surface area (Å²) in [5.41, 5.74) is 6.02. The van der Waals surface area contributed by atoms with Crippen molar-refractivity contribution in [3.05, 3.63) is 0 Å². The second kappa shape index (κ2) is 6.55. The van der Waals surface area contributed by atoms with Crippen LogP contribution < -0.4 is 5.73 Å². The van der Waals surface area contributed by atoms with Gasteiger partial charge in [-0.3, -0.25) is 4.79 Å². The molecular formula is C15H28N2O. The molecule has 2 N–H and O–H groups in total. The highest BCUT2D eigenvalue weighted by Gasteiger charge is 2.29. The number of piperidine rings is 1. The summed E-state index contributed by atoms with van der Waals surface area (Å²) in [6, 6.07) is 0.399. The Labute approximate surface area is 111 Å². The van der Waals surface area contributed by atoms with E-state index in [9.17, 15) is 4.79 Å². The van der Waals surface area contributed by atoms with Gasteiger partial charge in [-0.2, -0.15) is 0 Å². The van der Waals surface area contributed by atoms with Crippen molar-refractivity contribution >= 4 is 5.91 Å². The SMILES string of the molecule is CC(N)C1CCCCN1C(=O)CCC1CCCC1. The first-order valence-corrected chi connectivity index (χ1v) is 7.73. The first-order chi connectivity index (χ1) is 8.68. The predicted molar refractivity (Wildman–Crippen MR) is 74.2 cm³/mol. The minimum atomic E-state index is 0.112. The van der Waals surface area contributed by atoms with Crippen LogP contribution in [0.2, 0.25) is 0 Å². The van der Waals surface area contributed by atoms with Gasteiger partial charge in [0.2, 0.25) is 5.91 Å². The molecule has 1 amide bonds. The zero-order chi connectivity index (χ0) is 13.0. The summed E-state index contributed by atoms with van der Waals surface area (Å²) in [5.74, 6) is 1.16. The summed E-state index contributed by atoms with van der Waals surface area (Å²) in [5, 5.41) is 0. The Balaban J connectivity index is 1.81. The highest BCUT2D eigenvalue weighted by atomic mass is 16.2. The molecule has 1 aliphatic heterocycles. The molecule has 1 heterocycles. The number of hydrogen-bond acceptors (Lipinski definition) is 2. The number of amides is 1. The van der Waals surface area contributed by atoms with Crippen molar-refractivity contribution in [1.82, 2.24) is 4.90 Å². The highest BCUT2D eigenvalue weighted by molar-refractivity contribution is 5.76. The minimum Gasteiger partial charge on any atom is -0.338 e. The van der Waals surface area contributed by atoms with Crippen molar-refractivity contribution in [1.29, 1.82) is 0 Å². The van der Waals surface area contributed by atoms with Gasteiger partial charge in [0.15, 0.2) is 0 Å². The monoisotopic (exact) mass is 252 g/mol. The average molecular weight is 252 g/mol. The van der Waals surface area contributed by atoms with Gasteiger partial charge in [-0.15, -0.1) is 0 Å². The lowest BCUT2D eigenvalue weighted by molar-refractivity contribution is -0.135. The molecule has 0 spiro atoms. The molecule has 104 valence electrons. The third-order valence-electron chi connectivity index (χ3n) is 4.72. The highest BCUT2D eigenvalue weighted by Crippen LogP contribution is 2.29. The van der Waals surface area contributed by atoms with Gasteiger partial charge in [0.05, 0.1) is 0 Å². The van der Waals surface area contributed by atoms with Crippen LogP contribution in [-0.2, 0) is 4.79 Å². The van der Waals surface area contributed by atoms with E-state index >= 15 is 0 Å². The summed E-state index contributed by atoms with van der Waals surface area (Å²) >= 11 is 0. The Morgan fingerprint density at radius 2 is 1.89 bits per heavy atom. The van der Waals surface area contributed by atoms with Crippen molar-refractivity contribution in [3.8, 4) is 0 Å². The normalized spacial score (nSPS) is 27.4. The fourth-order valence-corrected chi connectivity index (χ4v) is 3.58. The van der Waals surface area contributed by atoms with Crippen LogP contribution >= 0.6 is 0 Å². The molecule has 0 radical (unpaired) electrons. The van der Waals surface area contributed by atoms with E-state index in [4.69, 9.17) is 5.73 Å². The number of hydrogen-bond donors (Lipinski definition) is 1. The molecule has 2 aliphatic rings. The van der Waals surface area contributed by atoms with Gasteiger partial charge < -0.3 is 10.6 Å². The molecule has 1 saturated carbocycles. The number of carbonyl (C=O) groups excluding carboxylic acids is 1. The standard InChI is InChI=1S/C15H28N2O/c1-12(16)14-8-4-5-11-17(14)15(18)10-9-13-6-2-3-7-13/h12-14H,2-11,16H2,1H3. The Morgan fingerprint density at radius 1 is 1.22 bits per heavy atom. The zero-order valence-corrected chi connectivity index (χ0v) is 11.7. The van der Waals surface area contributed by atoms with Crippen LogP contribution in [0.1, 0.15) is 64.7 Å². The number of likely N-dealkylation sites (tertiary alicyclic amines) is 1. The molecule has 3 nitrogen and oxygen atoms in total. The topological polar surface area (TPSA) is 46.3 Å². The van der Waals surface area contributed by atoms with Crippen LogP contribution in [0.15, 0.2) is 0 Å². The quantitative estimate of drug-likeness (QED) is 0.836. The van der Waals surface area contributed by atoms with E-state index < -0.39 is 0 Å². The van der Waals surface area contributed by atoms with Crippen LogP contribution in [0, 0.1) is 5.92 Å². The molecule has 3 heteroatoms. The van der Waals surface area contributed by atoms with E-state index in [1.54, 1.807) is 0 Å². The first kappa shape index (κ1) is 13.9. The average Bonchev–Trinajstić information content (AvgIpc) is 2.89. The largest absolute Gasteiger partial charge is 0.338 e. The van der Waals surface area contributed by atoms with E-state index in [0.717, 1.165) is 38.1 Å². The maximum absolute atomic E-state index is 12.3. The van der Waals surface area contributed by atoms with Crippen LogP contribution in [0.4, 0.5) is 0 Å². The van der Waals surface area contributed by atoms with E-state index in [2.05, 4.69) is 4.90 Å². The van der Waals surface area contributed by atoms with Gasteiger partial charge in [0.1, 0.15) is 0 Å². The number of nitrogens with zero attached hydrogens (tertiary/aromatic N) is 1. The van der Waals surface area contributed by atoms with Crippen molar-refractivity contribution in [2.24, 2.45) is 11.7 Å². The Bertz CT molecular complexity index is 272. The van der Waals surface area contributed by atoms with Gasteiger partial charge in [-0.1, -0.05) is 25.7 Å². The third-order valence-corrected chi connectivity index (χ3v) is 4.72. The van der Waals surface area contributed by atoms with Crippen molar-refractivity contribution < 1.29 is 4.79 Å². The Kier molecular flexibility index (Phi) is 5.04. The Morgan fingerprint density at radius 3 is 2.56 bits per heavy atom. The molecular weight excluding hydrogens is 224 g/mol.